The quantitative estimate of drug-likeness (QED) is 0.316. The van der Waals surface area contributed by atoms with Gasteiger partial charge in [-0.1, -0.05) is 38.3 Å². The molecule has 0 amide bonds. The average molecular weight is 226 g/mol. The molecule has 0 rings (SSSR count). The first-order chi connectivity index (χ1) is 7.81. The summed E-state index contributed by atoms with van der Waals surface area (Å²) in [6, 6.07) is 0. The van der Waals surface area contributed by atoms with Gasteiger partial charge >= 0.3 is 5.97 Å². The van der Waals surface area contributed by atoms with Crippen LogP contribution in [-0.2, 0) is 9.53 Å². The van der Waals surface area contributed by atoms with E-state index in [-0.39, 0.29) is 5.97 Å². The SMILES string of the molecule is CC/C=C\CCCCCCCC(=O)OCC. The zero-order chi connectivity index (χ0) is 12.1. The summed E-state index contributed by atoms with van der Waals surface area (Å²) in [5, 5.41) is 0. The van der Waals surface area contributed by atoms with Crippen molar-refractivity contribution in [2.75, 3.05) is 6.61 Å². The Morgan fingerprint density at radius 2 is 1.69 bits per heavy atom. The second-order valence-electron chi connectivity index (χ2n) is 3.99. The van der Waals surface area contributed by atoms with Crippen LogP contribution in [-0.4, -0.2) is 12.6 Å². The van der Waals surface area contributed by atoms with E-state index < -0.39 is 0 Å². The molecular weight excluding hydrogens is 200 g/mol. The lowest BCUT2D eigenvalue weighted by Crippen LogP contribution is -2.03. The maximum Gasteiger partial charge on any atom is 0.305 e. The molecule has 0 N–H and O–H groups in total. The largest absolute Gasteiger partial charge is 0.466 e. The summed E-state index contributed by atoms with van der Waals surface area (Å²) >= 11 is 0. The number of rotatable bonds is 10. The molecule has 2 heteroatoms. The Morgan fingerprint density at radius 3 is 2.38 bits per heavy atom. The van der Waals surface area contributed by atoms with E-state index in [2.05, 4.69) is 19.1 Å². The van der Waals surface area contributed by atoms with Gasteiger partial charge in [0.1, 0.15) is 0 Å². The Hall–Kier alpha value is -0.790. The molecule has 0 aliphatic carbocycles. The molecule has 0 aliphatic rings. The summed E-state index contributed by atoms with van der Waals surface area (Å²) in [4.78, 5) is 11.0. The average Bonchev–Trinajstić information content (AvgIpc) is 2.27. The van der Waals surface area contributed by atoms with Crippen LogP contribution < -0.4 is 0 Å². The monoisotopic (exact) mass is 226 g/mol. The highest BCUT2D eigenvalue weighted by atomic mass is 16.5. The smallest absolute Gasteiger partial charge is 0.305 e. The second kappa shape index (κ2) is 12.3. The second-order valence-corrected chi connectivity index (χ2v) is 3.99. The summed E-state index contributed by atoms with van der Waals surface area (Å²) in [7, 11) is 0. The number of carbonyl (C=O) groups is 1. The minimum atomic E-state index is -0.0478. The fraction of sp³-hybridized carbons (Fsp3) is 0.786. The van der Waals surface area contributed by atoms with Gasteiger partial charge in [0.2, 0.25) is 0 Å². The molecule has 0 fully saturated rings. The molecule has 0 bridgehead atoms. The first kappa shape index (κ1) is 15.2. The van der Waals surface area contributed by atoms with Crippen molar-refractivity contribution in [2.24, 2.45) is 0 Å². The van der Waals surface area contributed by atoms with Crippen LogP contribution >= 0.6 is 0 Å². The van der Waals surface area contributed by atoms with Gasteiger partial charge in [-0.3, -0.25) is 4.79 Å². The van der Waals surface area contributed by atoms with Crippen molar-refractivity contribution in [3.63, 3.8) is 0 Å². The van der Waals surface area contributed by atoms with Gasteiger partial charge in [0.15, 0.2) is 0 Å². The third-order valence-electron chi connectivity index (χ3n) is 2.46. The van der Waals surface area contributed by atoms with E-state index in [1.807, 2.05) is 6.92 Å². The maximum absolute atomic E-state index is 11.0. The number of esters is 1. The standard InChI is InChI=1S/C14H26O2/c1-3-5-6-7-8-9-10-11-12-13-14(15)16-4-2/h5-6H,3-4,7-13H2,1-2H3/b6-5-. The van der Waals surface area contributed by atoms with E-state index in [1.54, 1.807) is 0 Å². The van der Waals surface area contributed by atoms with Crippen LogP contribution in [0.4, 0.5) is 0 Å². The van der Waals surface area contributed by atoms with Gasteiger partial charge < -0.3 is 4.74 Å². The number of unbranched alkanes of at least 4 members (excludes halogenated alkanes) is 5. The Bertz CT molecular complexity index is 185. The lowest BCUT2D eigenvalue weighted by molar-refractivity contribution is -0.143. The van der Waals surface area contributed by atoms with Crippen LogP contribution in [0.5, 0.6) is 0 Å². The highest BCUT2D eigenvalue weighted by molar-refractivity contribution is 5.69. The molecule has 0 saturated heterocycles. The zero-order valence-electron chi connectivity index (χ0n) is 10.8. The Balaban J connectivity index is 3.09. The van der Waals surface area contributed by atoms with Crippen molar-refractivity contribution < 1.29 is 9.53 Å². The maximum atomic E-state index is 11.0. The number of hydrogen-bond donors (Lipinski definition) is 0. The predicted octanol–water partition coefficient (Wildman–Crippen LogP) is 4.25. The minimum absolute atomic E-state index is 0.0478. The van der Waals surface area contributed by atoms with Crippen molar-refractivity contribution in [3.05, 3.63) is 12.2 Å². The Kier molecular flexibility index (Phi) is 11.7. The molecule has 0 radical (unpaired) electrons. The first-order valence-electron chi connectivity index (χ1n) is 6.61. The molecule has 0 spiro atoms. The number of ether oxygens (including phenoxy) is 1. The van der Waals surface area contributed by atoms with E-state index >= 15 is 0 Å². The van der Waals surface area contributed by atoms with Crippen molar-refractivity contribution in [1.29, 1.82) is 0 Å². The third kappa shape index (κ3) is 11.3. The predicted molar refractivity (Wildman–Crippen MR) is 68.4 cm³/mol. The summed E-state index contributed by atoms with van der Waals surface area (Å²) in [5.74, 6) is -0.0478. The Morgan fingerprint density at radius 1 is 1.00 bits per heavy atom. The number of allylic oxidation sites excluding steroid dienone is 2. The molecule has 0 aromatic rings. The van der Waals surface area contributed by atoms with Crippen LogP contribution in [0.1, 0.15) is 65.2 Å². The normalized spacial score (nSPS) is 10.9. The van der Waals surface area contributed by atoms with E-state index in [4.69, 9.17) is 4.74 Å². The van der Waals surface area contributed by atoms with Crippen LogP contribution in [0.15, 0.2) is 12.2 Å². The van der Waals surface area contributed by atoms with Gasteiger partial charge in [-0.15, -0.1) is 0 Å². The number of hydrogen-bond acceptors (Lipinski definition) is 2. The van der Waals surface area contributed by atoms with E-state index in [1.165, 1.54) is 25.7 Å². The van der Waals surface area contributed by atoms with E-state index in [0.29, 0.717) is 13.0 Å². The van der Waals surface area contributed by atoms with Crippen LogP contribution in [0.2, 0.25) is 0 Å². The molecule has 0 aliphatic heterocycles. The summed E-state index contributed by atoms with van der Waals surface area (Å²) < 4.78 is 4.87. The fourth-order valence-corrected chi connectivity index (χ4v) is 1.58. The molecule has 0 aromatic carbocycles. The first-order valence-corrected chi connectivity index (χ1v) is 6.61. The van der Waals surface area contributed by atoms with Gasteiger partial charge in [0, 0.05) is 6.42 Å². The lowest BCUT2D eigenvalue weighted by atomic mass is 10.1. The van der Waals surface area contributed by atoms with Crippen LogP contribution in [0, 0.1) is 0 Å². The fourth-order valence-electron chi connectivity index (χ4n) is 1.58. The highest BCUT2D eigenvalue weighted by Gasteiger charge is 1.99. The van der Waals surface area contributed by atoms with Crippen molar-refractivity contribution in [2.45, 2.75) is 65.2 Å². The molecular formula is C14H26O2. The summed E-state index contributed by atoms with van der Waals surface area (Å²) in [6.45, 7) is 4.51. The molecule has 0 unspecified atom stereocenters. The molecule has 16 heavy (non-hydrogen) atoms. The number of carbonyl (C=O) groups excluding carboxylic acids is 1. The van der Waals surface area contributed by atoms with Crippen molar-refractivity contribution in [1.82, 2.24) is 0 Å². The minimum Gasteiger partial charge on any atom is -0.466 e. The van der Waals surface area contributed by atoms with Crippen LogP contribution in [0.3, 0.4) is 0 Å². The van der Waals surface area contributed by atoms with Gasteiger partial charge in [-0.25, -0.2) is 0 Å². The van der Waals surface area contributed by atoms with Crippen molar-refractivity contribution in [3.8, 4) is 0 Å². The van der Waals surface area contributed by atoms with Crippen LogP contribution in [0.25, 0.3) is 0 Å². The van der Waals surface area contributed by atoms with Gasteiger partial charge in [0.05, 0.1) is 6.61 Å². The topological polar surface area (TPSA) is 26.3 Å². The summed E-state index contributed by atoms with van der Waals surface area (Å²) in [5.41, 5.74) is 0. The van der Waals surface area contributed by atoms with Gasteiger partial charge in [-0.05, 0) is 32.6 Å². The van der Waals surface area contributed by atoms with Crippen molar-refractivity contribution >= 4 is 5.97 Å². The molecule has 0 atom stereocenters. The zero-order valence-corrected chi connectivity index (χ0v) is 10.8. The molecule has 0 heterocycles. The van der Waals surface area contributed by atoms with E-state index in [9.17, 15) is 4.79 Å². The molecule has 2 nitrogen and oxygen atoms in total. The lowest BCUT2D eigenvalue weighted by Gasteiger charge is -2.01. The molecule has 94 valence electrons. The van der Waals surface area contributed by atoms with Gasteiger partial charge in [-0.2, -0.15) is 0 Å². The highest BCUT2D eigenvalue weighted by Crippen LogP contribution is 2.08. The molecule has 0 aromatic heterocycles. The van der Waals surface area contributed by atoms with E-state index in [0.717, 1.165) is 19.3 Å². The Labute approximate surface area is 100 Å². The molecule has 0 saturated carbocycles. The van der Waals surface area contributed by atoms with Gasteiger partial charge in [0.25, 0.3) is 0 Å². The summed E-state index contributed by atoms with van der Waals surface area (Å²) in [6.07, 6.45) is 13.3. The third-order valence-corrected chi connectivity index (χ3v) is 2.46.